The second-order valence-corrected chi connectivity index (χ2v) is 8.53. The van der Waals surface area contributed by atoms with E-state index in [0.717, 1.165) is 46.8 Å². The molecular formula is C16H24BrNO2S. The number of benzene rings is 1. The molecule has 0 unspecified atom stereocenters. The van der Waals surface area contributed by atoms with E-state index in [4.69, 9.17) is 0 Å². The number of nitrogens with one attached hydrogen (secondary N) is 1. The first-order valence-electron chi connectivity index (χ1n) is 7.61. The van der Waals surface area contributed by atoms with Gasteiger partial charge in [-0.05, 0) is 50.3 Å². The fourth-order valence-electron chi connectivity index (χ4n) is 3.23. The van der Waals surface area contributed by atoms with Gasteiger partial charge in [-0.15, -0.1) is 0 Å². The van der Waals surface area contributed by atoms with Crippen LogP contribution in [0.2, 0.25) is 0 Å². The Kier molecular flexibility index (Phi) is 5.49. The van der Waals surface area contributed by atoms with Crippen molar-refractivity contribution in [3.05, 3.63) is 27.2 Å². The van der Waals surface area contributed by atoms with Crippen LogP contribution in [-0.4, -0.2) is 14.5 Å². The molecule has 0 aromatic heterocycles. The highest BCUT2D eigenvalue weighted by Gasteiger charge is 2.25. The van der Waals surface area contributed by atoms with Crippen LogP contribution in [0.5, 0.6) is 0 Å². The van der Waals surface area contributed by atoms with Gasteiger partial charge in [-0.3, -0.25) is 0 Å². The van der Waals surface area contributed by atoms with Crippen molar-refractivity contribution in [2.45, 2.75) is 70.2 Å². The summed E-state index contributed by atoms with van der Waals surface area (Å²) in [6.45, 7) is 5.72. The van der Waals surface area contributed by atoms with Crippen molar-refractivity contribution >= 4 is 26.0 Å². The van der Waals surface area contributed by atoms with Crippen molar-refractivity contribution in [3.63, 3.8) is 0 Å². The molecular weight excluding hydrogens is 350 g/mol. The lowest BCUT2D eigenvalue weighted by Crippen LogP contribution is -2.35. The van der Waals surface area contributed by atoms with Crippen LogP contribution in [0.1, 0.15) is 55.2 Å². The summed E-state index contributed by atoms with van der Waals surface area (Å²) in [5.41, 5.74) is 2.68. The van der Waals surface area contributed by atoms with Gasteiger partial charge in [-0.1, -0.05) is 47.7 Å². The van der Waals surface area contributed by atoms with Gasteiger partial charge in [0.25, 0.3) is 0 Å². The van der Waals surface area contributed by atoms with Gasteiger partial charge in [-0.25, -0.2) is 13.1 Å². The minimum absolute atomic E-state index is 0.0800. The fourth-order valence-corrected chi connectivity index (χ4v) is 5.46. The molecule has 3 nitrogen and oxygen atoms in total. The van der Waals surface area contributed by atoms with Crippen LogP contribution in [0, 0.1) is 20.8 Å². The molecule has 2 rings (SSSR count). The van der Waals surface area contributed by atoms with Crippen LogP contribution in [0.4, 0.5) is 0 Å². The summed E-state index contributed by atoms with van der Waals surface area (Å²) >= 11 is 3.50. The van der Waals surface area contributed by atoms with E-state index in [2.05, 4.69) is 20.7 Å². The molecule has 1 saturated carbocycles. The lowest BCUT2D eigenvalue weighted by atomic mass is 10.1. The number of aryl methyl sites for hydroxylation is 2. The molecule has 5 heteroatoms. The average Bonchev–Trinajstić information content (AvgIpc) is 2.63. The number of halogens is 1. The van der Waals surface area contributed by atoms with Crippen molar-refractivity contribution in [1.29, 1.82) is 0 Å². The highest BCUT2D eigenvalue weighted by molar-refractivity contribution is 9.10. The summed E-state index contributed by atoms with van der Waals surface area (Å²) in [4.78, 5) is 0.434. The normalized spacial score (nSPS) is 17.7. The number of rotatable bonds is 3. The lowest BCUT2D eigenvalue weighted by Gasteiger charge is -2.20. The lowest BCUT2D eigenvalue weighted by molar-refractivity contribution is 0.509. The summed E-state index contributed by atoms with van der Waals surface area (Å²) in [5, 5.41) is 0. The molecule has 1 aliphatic rings. The van der Waals surface area contributed by atoms with Gasteiger partial charge in [0, 0.05) is 10.5 Å². The number of hydrogen-bond donors (Lipinski definition) is 1. The van der Waals surface area contributed by atoms with E-state index in [9.17, 15) is 8.42 Å². The minimum Gasteiger partial charge on any atom is -0.208 e. The molecule has 1 aliphatic carbocycles. The predicted octanol–water partition coefficient (Wildman–Crippen LogP) is 4.38. The summed E-state index contributed by atoms with van der Waals surface area (Å²) in [7, 11) is -3.46. The second-order valence-electron chi connectivity index (χ2n) is 6.09. The Hall–Kier alpha value is -0.390. The molecule has 0 atom stereocenters. The molecule has 1 aromatic carbocycles. The van der Waals surface area contributed by atoms with Gasteiger partial charge < -0.3 is 0 Å². The van der Waals surface area contributed by atoms with Crippen molar-refractivity contribution in [3.8, 4) is 0 Å². The molecule has 1 aromatic rings. The Labute approximate surface area is 136 Å². The Morgan fingerprint density at radius 3 is 2.19 bits per heavy atom. The Morgan fingerprint density at radius 1 is 1.05 bits per heavy atom. The largest absolute Gasteiger partial charge is 0.241 e. The fraction of sp³-hybridized carbons (Fsp3) is 0.625. The standard InChI is InChI=1S/C16H24BrNO2S/c1-11-10-12(2)16(13(3)15(11)17)21(19,20)18-14-8-6-4-5-7-9-14/h10,14,18H,4-9H2,1-3H3. The van der Waals surface area contributed by atoms with Crippen LogP contribution in [0.25, 0.3) is 0 Å². The van der Waals surface area contributed by atoms with Crippen molar-refractivity contribution in [1.82, 2.24) is 4.72 Å². The van der Waals surface area contributed by atoms with Crippen LogP contribution in [-0.2, 0) is 10.0 Å². The van der Waals surface area contributed by atoms with Crippen LogP contribution in [0.3, 0.4) is 0 Å². The molecule has 0 saturated heterocycles. The monoisotopic (exact) mass is 373 g/mol. The van der Waals surface area contributed by atoms with E-state index >= 15 is 0 Å². The maximum Gasteiger partial charge on any atom is 0.241 e. The maximum atomic E-state index is 12.8. The highest BCUT2D eigenvalue weighted by atomic mass is 79.9. The molecule has 1 N–H and O–H groups in total. The maximum absolute atomic E-state index is 12.8. The summed E-state index contributed by atoms with van der Waals surface area (Å²) in [6.07, 6.45) is 6.55. The number of hydrogen-bond acceptors (Lipinski definition) is 2. The zero-order valence-corrected chi connectivity index (χ0v) is 15.4. The van der Waals surface area contributed by atoms with Crippen molar-refractivity contribution in [2.75, 3.05) is 0 Å². The average molecular weight is 374 g/mol. The Balaban J connectivity index is 2.33. The summed E-state index contributed by atoms with van der Waals surface area (Å²) < 4.78 is 29.4. The molecule has 0 heterocycles. The van der Waals surface area contributed by atoms with Gasteiger partial charge in [0.15, 0.2) is 0 Å². The molecule has 21 heavy (non-hydrogen) atoms. The van der Waals surface area contributed by atoms with E-state index in [-0.39, 0.29) is 6.04 Å². The van der Waals surface area contributed by atoms with Gasteiger partial charge in [-0.2, -0.15) is 0 Å². The molecule has 118 valence electrons. The number of sulfonamides is 1. The molecule has 0 aliphatic heterocycles. The van der Waals surface area contributed by atoms with Crippen LogP contribution < -0.4 is 4.72 Å². The van der Waals surface area contributed by atoms with E-state index in [1.54, 1.807) is 0 Å². The first-order valence-corrected chi connectivity index (χ1v) is 9.89. The van der Waals surface area contributed by atoms with Gasteiger partial charge in [0.1, 0.15) is 0 Å². The van der Waals surface area contributed by atoms with Crippen LogP contribution in [0.15, 0.2) is 15.4 Å². The molecule has 0 bridgehead atoms. The third kappa shape index (κ3) is 3.88. The van der Waals surface area contributed by atoms with Gasteiger partial charge in [0.2, 0.25) is 10.0 Å². The molecule has 0 spiro atoms. The Bertz CT molecular complexity index is 618. The van der Waals surface area contributed by atoms with Crippen molar-refractivity contribution in [2.24, 2.45) is 0 Å². The quantitative estimate of drug-likeness (QED) is 0.799. The summed E-state index contributed by atoms with van der Waals surface area (Å²) in [5.74, 6) is 0. The van der Waals surface area contributed by atoms with Crippen molar-refractivity contribution < 1.29 is 8.42 Å². The SMILES string of the molecule is Cc1cc(C)c(S(=O)(=O)NC2CCCCCC2)c(C)c1Br. The van der Waals surface area contributed by atoms with Gasteiger partial charge in [0.05, 0.1) is 4.90 Å². The third-order valence-corrected chi connectivity index (χ3v) is 7.28. The van der Waals surface area contributed by atoms with E-state index in [0.29, 0.717) is 4.90 Å². The van der Waals surface area contributed by atoms with E-state index in [1.165, 1.54) is 12.8 Å². The van der Waals surface area contributed by atoms with E-state index < -0.39 is 10.0 Å². The summed E-state index contributed by atoms with van der Waals surface area (Å²) in [6, 6.07) is 2.01. The Morgan fingerprint density at radius 2 is 1.62 bits per heavy atom. The topological polar surface area (TPSA) is 46.2 Å². The third-order valence-electron chi connectivity index (χ3n) is 4.25. The zero-order chi connectivity index (χ0) is 15.6. The second kappa shape index (κ2) is 6.80. The van der Waals surface area contributed by atoms with Crippen LogP contribution >= 0.6 is 15.9 Å². The van der Waals surface area contributed by atoms with Gasteiger partial charge >= 0.3 is 0 Å². The smallest absolute Gasteiger partial charge is 0.208 e. The molecule has 0 radical (unpaired) electrons. The minimum atomic E-state index is -3.46. The van der Waals surface area contributed by atoms with E-state index in [1.807, 2.05) is 26.8 Å². The predicted molar refractivity (Wildman–Crippen MR) is 90.2 cm³/mol. The first-order chi connectivity index (χ1) is 9.83. The molecule has 0 amide bonds. The zero-order valence-electron chi connectivity index (χ0n) is 13.0. The highest BCUT2D eigenvalue weighted by Crippen LogP contribution is 2.30. The molecule has 1 fully saturated rings. The first kappa shape index (κ1) is 17.0.